The Balaban J connectivity index is 1.61. The summed E-state index contributed by atoms with van der Waals surface area (Å²) < 4.78 is 0. The molecule has 0 amide bonds. The molecule has 109 valence electrons. The minimum Gasteiger partial charge on any atom is -0.371 e. The van der Waals surface area contributed by atoms with Gasteiger partial charge in [0, 0.05) is 37.6 Å². The fourth-order valence-corrected chi connectivity index (χ4v) is 3.04. The predicted molar refractivity (Wildman–Crippen MR) is 86.7 cm³/mol. The molecule has 21 heavy (non-hydrogen) atoms. The van der Waals surface area contributed by atoms with Crippen LogP contribution in [0.1, 0.15) is 12.8 Å². The lowest BCUT2D eigenvalue weighted by Gasteiger charge is -2.38. The van der Waals surface area contributed by atoms with Gasteiger partial charge in [0.25, 0.3) is 0 Å². The molecule has 0 atom stereocenters. The van der Waals surface area contributed by atoms with Crippen LogP contribution >= 0.6 is 0 Å². The first-order valence-electron chi connectivity index (χ1n) is 7.54. The topological polar surface area (TPSA) is 26.4 Å². The molecule has 0 aliphatic carbocycles. The second-order valence-corrected chi connectivity index (χ2v) is 5.66. The van der Waals surface area contributed by atoms with Crippen molar-refractivity contribution in [1.29, 1.82) is 0 Å². The monoisotopic (exact) mass is 281 g/mol. The summed E-state index contributed by atoms with van der Waals surface area (Å²) in [6.45, 7) is 2.08. The van der Waals surface area contributed by atoms with Crippen LogP contribution in [-0.4, -0.2) is 26.2 Å². The number of anilines is 2. The van der Waals surface area contributed by atoms with Crippen molar-refractivity contribution in [2.24, 2.45) is 0 Å². The van der Waals surface area contributed by atoms with E-state index in [-0.39, 0.29) is 5.75 Å². The molecule has 1 fully saturated rings. The summed E-state index contributed by atoms with van der Waals surface area (Å²) >= 11 is 0. The third kappa shape index (κ3) is 3.13. The highest BCUT2D eigenvalue weighted by Crippen LogP contribution is 2.26. The van der Waals surface area contributed by atoms with E-state index in [0.717, 1.165) is 31.6 Å². The molecule has 3 rings (SSSR count). The van der Waals surface area contributed by atoms with Crippen LogP contribution in [-0.2, 0) is 5.11 Å². The third-order valence-corrected chi connectivity index (χ3v) is 4.38. The van der Waals surface area contributed by atoms with E-state index in [9.17, 15) is 5.11 Å². The van der Waals surface area contributed by atoms with Crippen LogP contribution in [0.4, 0.5) is 11.4 Å². The SMILES string of the molecule is CN(c1ccccc1)C1CCN(c2ccc([O])cc2)CC1. The summed E-state index contributed by atoms with van der Waals surface area (Å²) in [5.41, 5.74) is 2.45. The van der Waals surface area contributed by atoms with Crippen molar-refractivity contribution in [3.05, 3.63) is 54.6 Å². The Morgan fingerprint density at radius 2 is 1.57 bits per heavy atom. The van der Waals surface area contributed by atoms with Gasteiger partial charge in [-0.3, -0.25) is 5.11 Å². The van der Waals surface area contributed by atoms with Gasteiger partial charge in [0.15, 0.2) is 5.75 Å². The Bertz CT molecular complexity index is 560. The van der Waals surface area contributed by atoms with Crippen LogP contribution in [0.25, 0.3) is 0 Å². The van der Waals surface area contributed by atoms with Crippen LogP contribution in [0.5, 0.6) is 5.75 Å². The molecule has 0 aromatic heterocycles. The third-order valence-electron chi connectivity index (χ3n) is 4.38. The van der Waals surface area contributed by atoms with Gasteiger partial charge < -0.3 is 9.80 Å². The number of hydrogen-bond acceptors (Lipinski definition) is 2. The van der Waals surface area contributed by atoms with Gasteiger partial charge in [-0.05, 0) is 49.2 Å². The van der Waals surface area contributed by atoms with Gasteiger partial charge in [0.2, 0.25) is 0 Å². The van der Waals surface area contributed by atoms with Crippen molar-refractivity contribution in [3.63, 3.8) is 0 Å². The molecular formula is C18H21N2O. The van der Waals surface area contributed by atoms with Crippen LogP contribution < -0.4 is 9.80 Å². The Hall–Kier alpha value is -2.16. The maximum absolute atomic E-state index is 11.2. The lowest BCUT2D eigenvalue weighted by atomic mass is 10.0. The molecule has 1 aliphatic heterocycles. The largest absolute Gasteiger partial charge is 0.371 e. The van der Waals surface area contributed by atoms with Crippen molar-refractivity contribution in [2.45, 2.75) is 18.9 Å². The van der Waals surface area contributed by atoms with E-state index in [1.54, 1.807) is 12.1 Å². The zero-order valence-electron chi connectivity index (χ0n) is 12.4. The highest BCUT2D eigenvalue weighted by Gasteiger charge is 2.22. The zero-order chi connectivity index (χ0) is 14.7. The molecule has 2 aromatic rings. The first-order valence-corrected chi connectivity index (χ1v) is 7.54. The average Bonchev–Trinajstić information content (AvgIpc) is 2.56. The van der Waals surface area contributed by atoms with E-state index in [4.69, 9.17) is 0 Å². The van der Waals surface area contributed by atoms with Crippen molar-refractivity contribution >= 4 is 11.4 Å². The minimum absolute atomic E-state index is 0.0810. The highest BCUT2D eigenvalue weighted by molar-refractivity contribution is 5.50. The first-order chi connectivity index (χ1) is 10.2. The summed E-state index contributed by atoms with van der Waals surface area (Å²) in [7, 11) is 2.18. The summed E-state index contributed by atoms with van der Waals surface area (Å²) in [4.78, 5) is 4.76. The van der Waals surface area contributed by atoms with Gasteiger partial charge in [-0.1, -0.05) is 18.2 Å². The molecule has 2 aromatic carbocycles. The number of para-hydroxylation sites is 1. The van der Waals surface area contributed by atoms with Crippen LogP contribution in [0.3, 0.4) is 0 Å². The van der Waals surface area contributed by atoms with E-state index < -0.39 is 0 Å². The van der Waals surface area contributed by atoms with Gasteiger partial charge in [-0.2, -0.15) is 0 Å². The lowest BCUT2D eigenvalue weighted by molar-refractivity contribution is 0.355. The molecule has 0 spiro atoms. The second-order valence-electron chi connectivity index (χ2n) is 5.66. The van der Waals surface area contributed by atoms with Crippen molar-refractivity contribution < 1.29 is 5.11 Å². The molecular weight excluding hydrogens is 260 g/mol. The van der Waals surface area contributed by atoms with Gasteiger partial charge in [-0.15, -0.1) is 0 Å². The molecule has 0 saturated carbocycles. The van der Waals surface area contributed by atoms with E-state index in [0.29, 0.717) is 6.04 Å². The molecule has 0 unspecified atom stereocenters. The maximum atomic E-state index is 11.2. The molecule has 1 aliphatic rings. The quantitative estimate of drug-likeness (QED) is 0.852. The molecule has 0 bridgehead atoms. The Kier molecular flexibility index (Phi) is 4.00. The van der Waals surface area contributed by atoms with Crippen LogP contribution in [0.2, 0.25) is 0 Å². The normalized spacial score (nSPS) is 16.0. The summed E-state index contributed by atoms with van der Waals surface area (Å²) in [5, 5.41) is 11.2. The van der Waals surface area contributed by atoms with Crippen molar-refractivity contribution in [3.8, 4) is 5.75 Å². The zero-order valence-corrected chi connectivity index (χ0v) is 12.4. The Morgan fingerprint density at radius 3 is 2.19 bits per heavy atom. The van der Waals surface area contributed by atoms with Crippen LogP contribution in [0.15, 0.2) is 54.6 Å². The highest BCUT2D eigenvalue weighted by atomic mass is 16.3. The van der Waals surface area contributed by atoms with E-state index in [1.165, 1.54) is 5.69 Å². The predicted octanol–water partition coefficient (Wildman–Crippen LogP) is 3.94. The van der Waals surface area contributed by atoms with Crippen molar-refractivity contribution in [2.75, 3.05) is 29.9 Å². The van der Waals surface area contributed by atoms with Gasteiger partial charge in [0.1, 0.15) is 0 Å². The Labute approximate surface area is 126 Å². The smallest absolute Gasteiger partial charge is 0.178 e. The van der Waals surface area contributed by atoms with Crippen molar-refractivity contribution in [1.82, 2.24) is 0 Å². The summed E-state index contributed by atoms with van der Waals surface area (Å²) in [5.74, 6) is 0.0810. The van der Waals surface area contributed by atoms with E-state index in [1.807, 2.05) is 12.1 Å². The number of benzene rings is 2. The maximum Gasteiger partial charge on any atom is 0.178 e. The molecule has 1 radical (unpaired) electrons. The molecule has 3 heteroatoms. The average molecular weight is 281 g/mol. The molecule has 1 saturated heterocycles. The van der Waals surface area contributed by atoms with Gasteiger partial charge in [0.05, 0.1) is 0 Å². The number of nitrogens with zero attached hydrogens (tertiary/aromatic N) is 2. The van der Waals surface area contributed by atoms with Gasteiger partial charge >= 0.3 is 0 Å². The van der Waals surface area contributed by atoms with Crippen LogP contribution in [0, 0.1) is 0 Å². The fourth-order valence-electron chi connectivity index (χ4n) is 3.04. The minimum atomic E-state index is 0.0810. The number of rotatable bonds is 3. The molecule has 1 heterocycles. The fraction of sp³-hybridized carbons (Fsp3) is 0.333. The lowest BCUT2D eigenvalue weighted by Crippen LogP contribution is -2.43. The van der Waals surface area contributed by atoms with Gasteiger partial charge in [-0.25, -0.2) is 0 Å². The first kappa shape index (κ1) is 13.8. The summed E-state index contributed by atoms with van der Waals surface area (Å²) in [6.07, 6.45) is 2.29. The molecule has 3 nitrogen and oxygen atoms in total. The molecule has 0 N–H and O–H groups in total. The second kappa shape index (κ2) is 6.08. The summed E-state index contributed by atoms with van der Waals surface area (Å²) in [6, 6.07) is 18.3. The number of piperidine rings is 1. The van der Waals surface area contributed by atoms with E-state index >= 15 is 0 Å². The number of hydrogen-bond donors (Lipinski definition) is 0. The standard InChI is InChI=1S/C18H21N2O/c1-19(15-5-3-2-4-6-15)16-11-13-20(14-12-16)17-7-9-18(21)10-8-17/h2-10,16H,11-14H2,1H3. The van der Waals surface area contributed by atoms with E-state index in [2.05, 4.69) is 47.2 Å². The Morgan fingerprint density at radius 1 is 0.952 bits per heavy atom.